The van der Waals surface area contributed by atoms with Gasteiger partial charge in [0.15, 0.2) is 0 Å². The molecule has 1 N–H and O–H groups in total. The van der Waals surface area contributed by atoms with Gasteiger partial charge in [0, 0.05) is 0 Å². The van der Waals surface area contributed by atoms with E-state index in [1.165, 1.54) is 5.56 Å². The molecule has 0 aliphatic carbocycles. The van der Waals surface area contributed by atoms with Gasteiger partial charge in [-0.1, -0.05) is 72.8 Å². The first-order chi connectivity index (χ1) is 12.8. The van der Waals surface area contributed by atoms with Crippen LogP contribution in [-0.4, -0.2) is 23.8 Å². The summed E-state index contributed by atoms with van der Waals surface area (Å²) in [5, 5.41) is 10.4. The summed E-state index contributed by atoms with van der Waals surface area (Å²) in [5.41, 5.74) is 3.89. The Morgan fingerprint density at radius 1 is 0.704 bits per heavy atom. The molecule has 0 spiro atoms. The van der Waals surface area contributed by atoms with Crippen LogP contribution in [-0.2, 0) is 4.65 Å². The third-order valence-corrected chi connectivity index (χ3v) is 5.20. The average molecular weight is 357 g/mol. The predicted octanol–water partition coefficient (Wildman–Crippen LogP) is 4.83. The van der Waals surface area contributed by atoms with Gasteiger partial charge in [0.05, 0.1) is 11.2 Å². The van der Waals surface area contributed by atoms with Crippen LogP contribution in [0.4, 0.5) is 0 Å². The largest absolute Gasteiger partial charge is 0.427 e. The van der Waals surface area contributed by atoms with Crippen LogP contribution in [0.25, 0.3) is 22.3 Å². The number of benzene rings is 3. The van der Waals surface area contributed by atoms with E-state index in [0.29, 0.717) is 0 Å². The fourth-order valence-corrected chi connectivity index (χ4v) is 2.69. The van der Waals surface area contributed by atoms with Crippen molar-refractivity contribution in [3.8, 4) is 22.3 Å². The van der Waals surface area contributed by atoms with Gasteiger partial charge in [-0.3, -0.25) is 0 Å². The molecule has 0 fully saturated rings. The molecule has 3 rings (SSSR count). The molecule has 2 nitrogen and oxygen atoms in total. The van der Waals surface area contributed by atoms with Crippen molar-refractivity contribution in [2.45, 2.75) is 38.9 Å². The fourth-order valence-electron chi connectivity index (χ4n) is 2.69. The second-order valence-electron chi connectivity index (χ2n) is 7.84. The molecule has 0 unspecified atom stereocenters. The van der Waals surface area contributed by atoms with Crippen molar-refractivity contribution in [1.29, 1.82) is 0 Å². The highest BCUT2D eigenvalue weighted by molar-refractivity contribution is 6.49. The average Bonchev–Trinajstić information content (AvgIpc) is 2.67. The maximum atomic E-state index is 10.4. The van der Waals surface area contributed by atoms with Crippen LogP contribution in [0.5, 0.6) is 0 Å². The molecule has 1 radical (unpaired) electrons. The van der Waals surface area contributed by atoms with Gasteiger partial charge in [-0.15, -0.1) is 0 Å². The van der Waals surface area contributed by atoms with Crippen molar-refractivity contribution >= 4 is 12.9 Å². The van der Waals surface area contributed by atoms with Gasteiger partial charge < -0.3 is 9.76 Å². The van der Waals surface area contributed by atoms with Crippen LogP contribution in [0.1, 0.15) is 27.7 Å². The monoisotopic (exact) mass is 357 g/mol. The van der Waals surface area contributed by atoms with Gasteiger partial charge >= 0.3 is 7.48 Å². The molecule has 0 atom stereocenters. The summed E-state index contributed by atoms with van der Waals surface area (Å²) in [4.78, 5) is 0. The number of rotatable bonds is 6. The molecule has 137 valence electrons. The lowest BCUT2D eigenvalue weighted by Crippen LogP contribution is -2.49. The summed E-state index contributed by atoms with van der Waals surface area (Å²) < 4.78 is 6.01. The smallest absolute Gasteiger partial charge is 0.331 e. The van der Waals surface area contributed by atoms with Crippen LogP contribution >= 0.6 is 0 Å². The van der Waals surface area contributed by atoms with E-state index in [4.69, 9.17) is 4.65 Å². The lowest BCUT2D eigenvalue weighted by Gasteiger charge is -2.37. The lowest BCUT2D eigenvalue weighted by atomic mass is 9.78. The Kier molecular flexibility index (Phi) is 5.55. The third-order valence-electron chi connectivity index (χ3n) is 5.20. The highest BCUT2D eigenvalue weighted by Gasteiger charge is 2.35. The van der Waals surface area contributed by atoms with Crippen molar-refractivity contribution in [2.24, 2.45) is 0 Å². The minimum Gasteiger partial charge on any atom is -0.427 e. The summed E-state index contributed by atoms with van der Waals surface area (Å²) in [5.74, 6) is 0. The quantitative estimate of drug-likeness (QED) is 0.640. The van der Waals surface area contributed by atoms with Crippen molar-refractivity contribution < 1.29 is 9.76 Å². The summed E-state index contributed by atoms with van der Waals surface area (Å²) in [6.07, 6.45) is 0. The highest BCUT2D eigenvalue weighted by atomic mass is 16.5. The van der Waals surface area contributed by atoms with Gasteiger partial charge in [0.25, 0.3) is 0 Å². The molecule has 0 saturated carbocycles. The van der Waals surface area contributed by atoms with Crippen LogP contribution in [0.15, 0.2) is 78.9 Å². The number of hydrogen-bond donors (Lipinski definition) is 1. The molecule has 3 aromatic rings. The van der Waals surface area contributed by atoms with E-state index in [0.717, 1.165) is 22.2 Å². The second-order valence-corrected chi connectivity index (χ2v) is 7.84. The zero-order valence-electron chi connectivity index (χ0n) is 16.4. The van der Waals surface area contributed by atoms with E-state index in [9.17, 15) is 5.11 Å². The first-order valence-corrected chi connectivity index (χ1v) is 9.26. The van der Waals surface area contributed by atoms with Gasteiger partial charge in [-0.05, 0) is 61.5 Å². The molecule has 3 aromatic carbocycles. The van der Waals surface area contributed by atoms with E-state index in [1.807, 2.05) is 50.2 Å². The molecule has 0 bridgehead atoms. The zero-order valence-corrected chi connectivity index (χ0v) is 16.4. The standard InChI is InChI=1S/C24H26BO2/c1-23(2,26)24(3,4)27-25-22-16-15-20(18-11-7-5-8-12-18)17-21(22)19-13-9-6-10-14-19/h5-17,26H,1-4H3. The fraction of sp³-hybridized carbons (Fsp3) is 0.250. The second kappa shape index (κ2) is 7.71. The molecule has 0 amide bonds. The van der Waals surface area contributed by atoms with Gasteiger partial charge in [0.1, 0.15) is 0 Å². The molecular formula is C24H26BO2. The minimum absolute atomic E-state index is 0.709. The Labute approximate surface area is 163 Å². The van der Waals surface area contributed by atoms with Gasteiger partial charge in [-0.25, -0.2) is 0 Å². The van der Waals surface area contributed by atoms with Gasteiger partial charge in [-0.2, -0.15) is 0 Å². The summed E-state index contributed by atoms with van der Waals surface area (Å²) in [6, 6.07) is 27.0. The first-order valence-electron chi connectivity index (χ1n) is 9.26. The molecule has 27 heavy (non-hydrogen) atoms. The van der Waals surface area contributed by atoms with Crippen LogP contribution in [0, 0.1) is 0 Å². The summed E-state index contributed by atoms with van der Waals surface area (Å²) in [7, 11) is 1.76. The maximum absolute atomic E-state index is 10.4. The Hall–Kier alpha value is -2.36. The van der Waals surface area contributed by atoms with E-state index in [-0.39, 0.29) is 0 Å². The van der Waals surface area contributed by atoms with Crippen molar-refractivity contribution in [1.82, 2.24) is 0 Å². The van der Waals surface area contributed by atoms with Gasteiger partial charge in [0.2, 0.25) is 0 Å². The number of aliphatic hydroxyl groups is 1. The van der Waals surface area contributed by atoms with E-state index in [2.05, 4.69) is 42.5 Å². The normalized spacial score (nSPS) is 12.0. The SMILES string of the molecule is CC(C)(O)C(C)(C)O[B]c1ccc(-c2ccccc2)cc1-c1ccccc1. The third kappa shape index (κ3) is 4.49. The van der Waals surface area contributed by atoms with Crippen LogP contribution < -0.4 is 5.46 Å². The Morgan fingerprint density at radius 3 is 1.81 bits per heavy atom. The number of hydrogen-bond acceptors (Lipinski definition) is 2. The lowest BCUT2D eigenvalue weighted by molar-refractivity contribution is -0.0893. The van der Waals surface area contributed by atoms with Crippen molar-refractivity contribution in [3.05, 3.63) is 78.9 Å². The van der Waals surface area contributed by atoms with Crippen molar-refractivity contribution in [2.75, 3.05) is 0 Å². The van der Waals surface area contributed by atoms with Crippen molar-refractivity contribution in [3.63, 3.8) is 0 Å². The topological polar surface area (TPSA) is 29.5 Å². The Morgan fingerprint density at radius 2 is 1.26 bits per heavy atom. The van der Waals surface area contributed by atoms with Crippen LogP contribution in [0.3, 0.4) is 0 Å². The molecule has 0 heterocycles. The minimum atomic E-state index is -0.958. The molecular weight excluding hydrogens is 331 g/mol. The summed E-state index contributed by atoms with van der Waals surface area (Å²) in [6.45, 7) is 7.31. The molecule has 3 heteroatoms. The van der Waals surface area contributed by atoms with Crippen LogP contribution in [0.2, 0.25) is 0 Å². The highest BCUT2D eigenvalue weighted by Crippen LogP contribution is 2.27. The molecule has 0 saturated heterocycles. The molecule has 0 aliphatic rings. The first kappa shape index (κ1) is 19.4. The molecule has 0 aromatic heterocycles. The summed E-state index contributed by atoms with van der Waals surface area (Å²) >= 11 is 0. The Balaban J connectivity index is 1.98. The van der Waals surface area contributed by atoms with E-state index >= 15 is 0 Å². The van der Waals surface area contributed by atoms with E-state index < -0.39 is 11.2 Å². The molecule has 0 aliphatic heterocycles. The predicted molar refractivity (Wildman–Crippen MR) is 114 cm³/mol. The zero-order chi connectivity index (χ0) is 19.5. The maximum Gasteiger partial charge on any atom is 0.331 e. The Bertz CT molecular complexity index is 881. The van der Waals surface area contributed by atoms with E-state index in [1.54, 1.807) is 21.3 Å².